The number of anilines is 2. The van der Waals surface area contributed by atoms with Crippen LogP contribution in [0, 0.1) is 5.92 Å². The molecule has 1 saturated heterocycles. The van der Waals surface area contributed by atoms with Gasteiger partial charge >= 0.3 is 6.01 Å². The maximum absolute atomic E-state index is 12.8. The van der Waals surface area contributed by atoms with E-state index in [0.29, 0.717) is 24.9 Å². The second kappa shape index (κ2) is 11.5. The minimum atomic E-state index is -0.0820. The number of piperidine rings is 1. The molecule has 1 aromatic heterocycles. The first-order chi connectivity index (χ1) is 16.7. The zero-order valence-corrected chi connectivity index (χ0v) is 19.9. The topological polar surface area (TPSA) is 83.7 Å². The van der Waals surface area contributed by atoms with E-state index in [9.17, 15) is 4.79 Å². The van der Waals surface area contributed by atoms with E-state index < -0.39 is 0 Å². The lowest BCUT2D eigenvalue weighted by Crippen LogP contribution is -2.43. The van der Waals surface area contributed by atoms with Gasteiger partial charge < -0.3 is 24.4 Å². The Morgan fingerprint density at radius 3 is 2.74 bits per heavy atom. The van der Waals surface area contributed by atoms with Gasteiger partial charge in [0.25, 0.3) is 0 Å². The molecule has 1 amide bonds. The summed E-state index contributed by atoms with van der Waals surface area (Å²) in [7, 11) is 1.63. The fourth-order valence-corrected chi connectivity index (χ4v) is 4.30. The number of nitrogens with zero attached hydrogens (tertiary/aromatic N) is 4. The summed E-state index contributed by atoms with van der Waals surface area (Å²) < 4.78 is 10.7. The monoisotopic (exact) mass is 463 g/mol. The molecule has 3 aromatic rings. The van der Waals surface area contributed by atoms with E-state index in [2.05, 4.69) is 51.5 Å². The Morgan fingerprint density at radius 2 is 2.00 bits per heavy atom. The molecule has 0 aliphatic carbocycles. The maximum Gasteiger partial charge on any atom is 0.324 e. The number of ether oxygens (including phenoxy) is 1. The van der Waals surface area contributed by atoms with E-state index in [0.717, 1.165) is 50.2 Å². The molecule has 0 spiro atoms. The molecule has 1 fully saturated rings. The van der Waals surface area contributed by atoms with Crippen LogP contribution in [0.2, 0.25) is 0 Å². The van der Waals surface area contributed by atoms with E-state index in [1.807, 2.05) is 35.2 Å². The normalized spacial score (nSPS) is 15.7. The third-order valence-corrected chi connectivity index (χ3v) is 6.23. The molecule has 1 aliphatic heterocycles. The summed E-state index contributed by atoms with van der Waals surface area (Å²) in [5.74, 6) is 1.33. The number of aromatic nitrogens is 2. The molecule has 0 bridgehead atoms. The van der Waals surface area contributed by atoms with Crippen LogP contribution in [0.1, 0.15) is 26.2 Å². The highest BCUT2D eigenvalue weighted by Crippen LogP contribution is 2.26. The molecule has 1 aliphatic rings. The number of rotatable bonds is 10. The first kappa shape index (κ1) is 23.6. The van der Waals surface area contributed by atoms with Gasteiger partial charge in [-0.15, -0.1) is 0 Å². The molecule has 4 rings (SSSR count). The van der Waals surface area contributed by atoms with Crippen molar-refractivity contribution in [3.8, 4) is 17.1 Å². The summed E-state index contributed by atoms with van der Waals surface area (Å²) in [5.41, 5.74) is 2.08. The zero-order chi connectivity index (χ0) is 23.8. The van der Waals surface area contributed by atoms with E-state index in [-0.39, 0.29) is 11.8 Å². The molecule has 0 saturated carbocycles. The summed E-state index contributed by atoms with van der Waals surface area (Å²) in [6.45, 7) is 6.06. The predicted molar refractivity (Wildman–Crippen MR) is 133 cm³/mol. The van der Waals surface area contributed by atoms with Crippen LogP contribution in [0.3, 0.4) is 0 Å². The smallest absolute Gasteiger partial charge is 0.324 e. The average Bonchev–Trinajstić information content (AvgIpc) is 3.40. The molecular weight excluding hydrogens is 430 g/mol. The second-order valence-corrected chi connectivity index (χ2v) is 8.47. The van der Waals surface area contributed by atoms with E-state index >= 15 is 0 Å². The number of carbonyl (C=O) groups excluding carboxylic acids is 1. The van der Waals surface area contributed by atoms with Crippen molar-refractivity contribution in [3.63, 3.8) is 0 Å². The lowest BCUT2D eigenvalue weighted by atomic mass is 9.97. The number of para-hydroxylation sites is 1. The number of benzene rings is 2. The molecule has 2 aromatic carbocycles. The molecular formula is C26H33N5O3. The molecule has 2 heterocycles. The van der Waals surface area contributed by atoms with Crippen molar-refractivity contribution in [2.45, 2.75) is 26.2 Å². The Hall–Kier alpha value is -3.55. The third kappa shape index (κ3) is 5.87. The molecule has 180 valence electrons. The highest BCUT2D eigenvalue weighted by molar-refractivity contribution is 5.79. The fraction of sp³-hybridized carbons (Fsp3) is 0.423. The summed E-state index contributed by atoms with van der Waals surface area (Å²) in [6.07, 6.45) is 2.68. The number of carbonyl (C=O) groups is 1. The minimum absolute atomic E-state index is 0.0820. The van der Waals surface area contributed by atoms with Crippen molar-refractivity contribution in [1.82, 2.24) is 15.5 Å². The molecule has 0 unspecified atom stereocenters. The van der Waals surface area contributed by atoms with Crippen LogP contribution in [0.25, 0.3) is 11.4 Å². The number of hydrogen-bond donors (Lipinski definition) is 1. The van der Waals surface area contributed by atoms with Crippen LogP contribution in [0.4, 0.5) is 11.7 Å². The number of hydrogen-bond acceptors (Lipinski definition) is 7. The minimum Gasteiger partial charge on any atom is -0.497 e. The molecule has 34 heavy (non-hydrogen) atoms. The van der Waals surface area contributed by atoms with E-state index in [4.69, 9.17) is 9.26 Å². The third-order valence-electron chi connectivity index (χ3n) is 6.23. The Bertz CT molecular complexity index is 1040. The van der Waals surface area contributed by atoms with Gasteiger partial charge in [0.05, 0.1) is 13.0 Å². The molecule has 8 heteroatoms. The second-order valence-electron chi connectivity index (χ2n) is 8.47. The predicted octanol–water partition coefficient (Wildman–Crippen LogP) is 3.99. The standard InChI is InChI=1S/C26H33N5O3/c1-3-30(22-10-5-4-6-11-22)18-8-16-27-25(32)21-9-7-17-31(19-21)26-28-24(29-34-26)20-12-14-23(33-2)15-13-20/h4-6,10-15,21H,3,7-9,16-19H2,1-2H3,(H,27,32)/t21-/m0/s1. The van der Waals surface area contributed by atoms with Gasteiger partial charge in [-0.2, -0.15) is 4.98 Å². The van der Waals surface area contributed by atoms with E-state index in [1.54, 1.807) is 7.11 Å². The fourth-order valence-electron chi connectivity index (χ4n) is 4.30. The van der Waals surface area contributed by atoms with Crippen LogP contribution in [0.5, 0.6) is 5.75 Å². The number of methoxy groups -OCH3 is 1. The van der Waals surface area contributed by atoms with Gasteiger partial charge in [0.2, 0.25) is 11.7 Å². The van der Waals surface area contributed by atoms with Crippen molar-refractivity contribution in [2.24, 2.45) is 5.92 Å². The van der Waals surface area contributed by atoms with Crippen LogP contribution < -0.4 is 19.9 Å². The van der Waals surface area contributed by atoms with Crippen LogP contribution in [-0.2, 0) is 4.79 Å². The first-order valence-corrected chi connectivity index (χ1v) is 12.0. The first-order valence-electron chi connectivity index (χ1n) is 12.0. The molecule has 8 nitrogen and oxygen atoms in total. The summed E-state index contributed by atoms with van der Waals surface area (Å²) in [5, 5.41) is 7.25. The number of nitrogens with one attached hydrogen (secondary N) is 1. The number of amides is 1. The summed E-state index contributed by atoms with van der Waals surface area (Å²) in [6, 6.07) is 18.4. The van der Waals surface area contributed by atoms with Gasteiger partial charge in [-0.25, -0.2) is 0 Å². The molecule has 0 radical (unpaired) electrons. The largest absolute Gasteiger partial charge is 0.497 e. The highest BCUT2D eigenvalue weighted by atomic mass is 16.5. The Morgan fingerprint density at radius 1 is 1.21 bits per heavy atom. The Balaban J connectivity index is 1.26. The van der Waals surface area contributed by atoms with Crippen molar-refractivity contribution in [2.75, 3.05) is 49.6 Å². The zero-order valence-electron chi connectivity index (χ0n) is 19.9. The van der Waals surface area contributed by atoms with Crippen LogP contribution in [0.15, 0.2) is 59.1 Å². The lowest BCUT2D eigenvalue weighted by molar-refractivity contribution is -0.125. The van der Waals surface area contributed by atoms with Crippen molar-refractivity contribution in [1.29, 1.82) is 0 Å². The van der Waals surface area contributed by atoms with Gasteiger partial charge in [0.15, 0.2) is 0 Å². The maximum atomic E-state index is 12.8. The average molecular weight is 464 g/mol. The Labute approximate surface area is 200 Å². The van der Waals surface area contributed by atoms with Crippen LogP contribution >= 0.6 is 0 Å². The molecule has 1 N–H and O–H groups in total. The van der Waals surface area contributed by atoms with E-state index in [1.165, 1.54) is 5.69 Å². The lowest BCUT2D eigenvalue weighted by Gasteiger charge is -2.30. The summed E-state index contributed by atoms with van der Waals surface area (Å²) in [4.78, 5) is 21.7. The van der Waals surface area contributed by atoms with Gasteiger partial charge in [-0.3, -0.25) is 4.79 Å². The molecule has 1 atom stereocenters. The highest BCUT2D eigenvalue weighted by Gasteiger charge is 2.28. The summed E-state index contributed by atoms with van der Waals surface area (Å²) >= 11 is 0. The quantitative estimate of drug-likeness (QED) is 0.455. The van der Waals surface area contributed by atoms with Gasteiger partial charge in [0, 0.05) is 44.0 Å². The van der Waals surface area contributed by atoms with Gasteiger partial charge in [-0.1, -0.05) is 23.4 Å². The van der Waals surface area contributed by atoms with Crippen molar-refractivity contribution in [3.05, 3.63) is 54.6 Å². The van der Waals surface area contributed by atoms with Crippen LogP contribution in [-0.4, -0.2) is 55.9 Å². The SMILES string of the molecule is CCN(CCCNC(=O)[C@H]1CCCN(c2nc(-c3ccc(OC)cc3)no2)C1)c1ccccc1. The van der Waals surface area contributed by atoms with Gasteiger partial charge in [-0.05, 0) is 62.6 Å². The van der Waals surface area contributed by atoms with Crippen molar-refractivity contribution >= 4 is 17.6 Å². The van der Waals surface area contributed by atoms with Crippen molar-refractivity contribution < 1.29 is 14.1 Å². The van der Waals surface area contributed by atoms with Gasteiger partial charge in [0.1, 0.15) is 5.75 Å². The Kier molecular flexibility index (Phi) is 8.01.